The largest absolute Gasteiger partial charge is 0.469 e. The first kappa shape index (κ1) is 13.1. The van der Waals surface area contributed by atoms with Crippen molar-refractivity contribution in [3.05, 3.63) is 0 Å². The van der Waals surface area contributed by atoms with Crippen LogP contribution in [0.2, 0.25) is 0 Å². The van der Waals surface area contributed by atoms with Gasteiger partial charge in [-0.25, -0.2) is 0 Å². The van der Waals surface area contributed by atoms with E-state index >= 15 is 0 Å². The molecule has 0 unspecified atom stereocenters. The minimum atomic E-state index is -0.253. The van der Waals surface area contributed by atoms with Crippen molar-refractivity contribution in [1.29, 1.82) is 0 Å². The molecule has 0 radical (unpaired) electrons. The molecule has 1 atom stereocenters. The molecule has 0 aromatic carbocycles. The van der Waals surface area contributed by atoms with Crippen molar-refractivity contribution < 1.29 is 14.3 Å². The Bertz CT molecular complexity index is 187. The van der Waals surface area contributed by atoms with Crippen molar-refractivity contribution in [2.75, 3.05) is 7.11 Å². The molecule has 0 bridgehead atoms. The molecule has 0 amide bonds. The van der Waals surface area contributed by atoms with E-state index in [0.29, 0.717) is 6.42 Å². The Hall–Kier alpha value is -0.860. The normalized spacial score (nSPS) is 12.2. The summed E-state index contributed by atoms with van der Waals surface area (Å²) in [6, 6.07) is 0. The van der Waals surface area contributed by atoms with Crippen LogP contribution < -0.4 is 0 Å². The Kier molecular flexibility index (Phi) is 7.07. The third-order valence-electron chi connectivity index (χ3n) is 2.22. The quantitative estimate of drug-likeness (QED) is 0.468. The summed E-state index contributed by atoms with van der Waals surface area (Å²) in [5.74, 6) is -0.433. The fourth-order valence-corrected chi connectivity index (χ4v) is 1.46. The Morgan fingerprint density at radius 1 is 1.29 bits per heavy atom. The number of hydrogen-bond acceptors (Lipinski definition) is 3. The first-order valence-corrected chi connectivity index (χ1v) is 5.19. The molecular weight excluding hydrogens is 180 g/mol. The predicted octanol–water partition coefficient (Wildman–Crippen LogP) is 2.33. The average Bonchev–Trinajstić information content (AvgIpc) is 2.15. The van der Waals surface area contributed by atoms with Gasteiger partial charge in [-0.15, -0.1) is 0 Å². The fourth-order valence-electron chi connectivity index (χ4n) is 1.46. The molecule has 0 spiro atoms. The number of unbranched alkanes of at least 4 members (excludes halogenated alkanes) is 2. The van der Waals surface area contributed by atoms with E-state index in [2.05, 4.69) is 11.7 Å². The SMILES string of the molecule is CCCCC[C@H](CC(C)=O)C(=O)OC. The average molecular weight is 200 g/mol. The highest BCUT2D eigenvalue weighted by Crippen LogP contribution is 2.15. The highest BCUT2D eigenvalue weighted by Gasteiger charge is 2.19. The Balaban J connectivity index is 3.97. The second-order valence-electron chi connectivity index (χ2n) is 3.62. The van der Waals surface area contributed by atoms with Gasteiger partial charge in [0.25, 0.3) is 0 Å². The van der Waals surface area contributed by atoms with E-state index in [-0.39, 0.29) is 17.7 Å². The van der Waals surface area contributed by atoms with E-state index < -0.39 is 0 Å². The zero-order valence-electron chi connectivity index (χ0n) is 9.34. The molecule has 0 aliphatic carbocycles. The summed E-state index contributed by atoms with van der Waals surface area (Å²) in [5.41, 5.74) is 0. The summed E-state index contributed by atoms with van der Waals surface area (Å²) in [7, 11) is 1.37. The number of ether oxygens (including phenoxy) is 1. The van der Waals surface area contributed by atoms with Crippen molar-refractivity contribution >= 4 is 11.8 Å². The van der Waals surface area contributed by atoms with Gasteiger partial charge in [0.15, 0.2) is 0 Å². The summed E-state index contributed by atoms with van der Waals surface area (Å²) in [4.78, 5) is 22.2. The number of ketones is 1. The lowest BCUT2D eigenvalue weighted by Gasteiger charge is -2.12. The molecule has 0 saturated heterocycles. The molecule has 0 heterocycles. The molecule has 0 aromatic heterocycles. The Morgan fingerprint density at radius 3 is 2.36 bits per heavy atom. The van der Waals surface area contributed by atoms with Crippen LogP contribution in [-0.4, -0.2) is 18.9 Å². The molecule has 0 aromatic rings. The number of carbonyl (C=O) groups is 2. The van der Waals surface area contributed by atoms with Crippen LogP contribution in [0.4, 0.5) is 0 Å². The lowest BCUT2D eigenvalue weighted by Crippen LogP contribution is -2.18. The monoisotopic (exact) mass is 200 g/mol. The zero-order chi connectivity index (χ0) is 11.0. The third-order valence-corrected chi connectivity index (χ3v) is 2.22. The van der Waals surface area contributed by atoms with E-state index in [0.717, 1.165) is 25.7 Å². The van der Waals surface area contributed by atoms with Crippen molar-refractivity contribution in [3.63, 3.8) is 0 Å². The Labute approximate surface area is 85.8 Å². The second kappa shape index (κ2) is 7.54. The van der Waals surface area contributed by atoms with E-state index in [1.165, 1.54) is 14.0 Å². The Morgan fingerprint density at radius 2 is 1.93 bits per heavy atom. The molecule has 0 saturated carbocycles. The first-order chi connectivity index (χ1) is 6.61. The molecule has 3 nitrogen and oxygen atoms in total. The zero-order valence-corrected chi connectivity index (χ0v) is 9.34. The summed E-state index contributed by atoms with van der Waals surface area (Å²) in [5, 5.41) is 0. The van der Waals surface area contributed by atoms with Gasteiger partial charge in [0.05, 0.1) is 13.0 Å². The van der Waals surface area contributed by atoms with Crippen molar-refractivity contribution in [2.24, 2.45) is 5.92 Å². The van der Waals surface area contributed by atoms with Crippen LogP contribution in [0.25, 0.3) is 0 Å². The minimum Gasteiger partial charge on any atom is -0.469 e. The number of hydrogen-bond donors (Lipinski definition) is 0. The smallest absolute Gasteiger partial charge is 0.309 e. The van der Waals surface area contributed by atoms with Crippen LogP contribution in [0.15, 0.2) is 0 Å². The molecule has 0 N–H and O–H groups in total. The van der Waals surface area contributed by atoms with E-state index in [9.17, 15) is 9.59 Å². The van der Waals surface area contributed by atoms with Gasteiger partial charge in [0, 0.05) is 6.42 Å². The van der Waals surface area contributed by atoms with Crippen LogP contribution in [-0.2, 0) is 14.3 Å². The topological polar surface area (TPSA) is 43.4 Å². The second-order valence-corrected chi connectivity index (χ2v) is 3.62. The molecular formula is C11H20O3. The summed E-state index contributed by atoms with van der Waals surface area (Å²) < 4.78 is 4.65. The van der Waals surface area contributed by atoms with Crippen LogP contribution in [0.5, 0.6) is 0 Å². The van der Waals surface area contributed by atoms with Gasteiger partial charge in [0.2, 0.25) is 0 Å². The number of rotatable bonds is 7. The van der Waals surface area contributed by atoms with Crippen LogP contribution in [0.3, 0.4) is 0 Å². The number of esters is 1. The fraction of sp³-hybridized carbons (Fsp3) is 0.818. The van der Waals surface area contributed by atoms with Crippen LogP contribution in [0.1, 0.15) is 46.0 Å². The van der Waals surface area contributed by atoms with Gasteiger partial charge < -0.3 is 9.53 Å². The molecule has 82 valence electrons. The summed E-state index contributed by atoms with van der Waals surface area (Å²) >= 11 is 0. The molecule has 0 aliphatic rings. The standard InChI is InChI=1S/C11H20O3/c1-4-5-6-7-10(8-9(2)12)11(13)14-3/h10H,4-8H2,1-3H3/t10-/m1/s1. The van der Waals surface area contributed by atoms with Gasteiger partial charge in [-0.3, -0.25) is 4.79 Å². The number of carbonyl (C=O) groups excluding carboxylic acids is 2. The van der Waals surface area contributed by atoms with Crippen LogP contribution in [0, 0.1) is 5.92 Å². The van der Waals surface area contributed by atoms with E-state index in [1.54, 1.807) is 0 Å². The number of Topliss-reactive ketones (excluding diaryl/α,β-unsaturated/α-hetero) is 1. The highest BCUT2D eigenvalue weighted by molar-refractivity contribution is 5.82. The van der Waals surface area contributed by atoms with Crippen LogP contribution >= 0.6 is 0 Å². The molecule has 0 rings (SSSR count). The maximum atomic E-state index is 11.3. The predicted molar refractivity (Wildman–Crippen MR) is 54.9 cm³/mol. The van der Waals surface area contributed by atoms with Crippen molar-refractivity contribution in [3.8, 4) is 0 Å². The third kappa shape index (κ3) is 5.73. The van der Waals surface area contributed by atoms with Crippen molar-refractivity contribution in [1.82, 2.24) is 0 Å². The molecule has 3 heteroatoms. The first-order valence-electron chi connectivity index (χ1n) is 5.19. The highest BCUT2D eigenvalue weighted by atomic mass is 16.5. The number of methoxy groups -OCH3 is 1. The maximum Gasteiger partial charge on any atom is 0.309 e. The molecule has 14 heavy (non-hydrogen) atoms. The van der Waals surface area contributed by atoms with Gasteiger partial charge >= 0.3 is 5.97 Å². The minimum absolute atomic E-state index is 0.0527. The van der Waals surface area contributed by atoms with Gasteiger partial charge in [0.1, 0.15) is 5.78 Å². The molecule has 0 fully saturated rings. The summed E-state index contributed by atoms with van der Waals surface area (Å²) in [6.07, 6.45) is 4.29. The van der Waals surface area contributed by atoms with E-state index in [1.807, 2.05) is 0 Å². The van der Waals surface area contributed by atoms with Gasteiger partial charge in [-0.2, -0.15) is 0 Å². The maximum absolute atomic E-state index is 11.3. The van der Waals surface area contributed by atoms with Gasteiger partial charge in [-0.1, -0.05) is 26.2 Å². The summed E-state index contributed by atoms with van der Waals surface area (Å²) in [6.45, 7) is 3.62. The van der Waals surface area contributed by atoms with Gasteiger partial charge in [-0.05, 0) is 13.3 Å². The lowest BCUT2D eigenvalue weighted by atomic mass is 9.96. The van der Waals surface area contributed by atoms with Crippen molar-refractivity contribution in [2.45, 2.75) is 46.0 Å². The van der Waals surface area contributed by atoms with E-state index in [4.69, 9.17) is 0 Å². The lowest BCUT2D eigenvalue weighted by molar-refractivity contribution is -0.147. The molecule has 0 aliphatic heterocycles.